The number of rotatable bonds is 0. The predicted molar refractivity (Wildman–Crippen MR) is 70.6 cm³/mol. The van der Waals surface area contributed by atoms with Crippen LogP contribution in [0.3, 0.4) is 0 Å². The molecule has 1 aromatic rings. The van der Waals surface area contributed by atoms with Crippen molar-refractivity contribution < 1.29 is 4.79 Å². The van der Waals surface area contributed by atoms with Crippen molar-refractivity contribution >= 4 is 11.6 Å². The minimum atomic E-state index is 0.187. The second-order valence-corrected chi connectivity index (χ2v) is 5.80. The zero-order valence-electron chi connectivity index (χ0n) is 10.5. The highest BCUT2D eigenvalue weighted by molar-refractivity contribution is 5.79. The third-order valence-corrected chi connectivity index (χ3v) is 5.06. The smallest absolute Gasteiger partial charge is 0.222 e. The first kappa shape index (κ1) is 10.4. The predicted octanol–water partition coefficient (Wildman–Crippen LogP) is 2.13. The highest BCUT2D eigenvalue weighted by Crippen LogP contribution is 2.49. The molecule has 1 aromatic carbocycles. The molecule has 3 nitrogen and oxygen atoms in total. The van der Waals surface area contributed by atoms with Crippen molar-refractivity contribution in [3.05, 3.63) is 29.8 Å². The molecule has 2 atom stereocenters. The Morgan fingerprint density at radius 2 is 2.22 bits per heavy atom. The molecular formula is C15H18N2O. The van der Waals surface area contributed by atoms with Gasteiger partial charge in [-0.25, -0.2) is 0 Å². The molecule has 0 unspecified atom stereocenters. The summed E-state index contributed by atoms with van der Waals surface area (Å²) in [4.78, 5) is 14.2. The Kier molecular flexibility index (Phi) is 2.02. The van der Waals surface area contributed by atoms with Gasteiger partial charge in [0.15, 0.2) is 0 Å². The SMILES string of the molecule is O=C1CCC[C@H]2N1CC[C@]21CNc2ccccc21. The van der Waals surface area contributed by atoms with E-state index in [0.717, 1.165) is 32.4 Å². The number of amides is 1. The average molecular weight is 242 g/mol. The lowest BCUT2D eigenvalue weighted by Crippen LogP contribution is -2.48. The number of carbonyl (C=O) groups is 1. The number of hydrogen-bond acceptors (Lipinski definition) is 2. The summed E-state index contributed by atoms with van der Waals surface area (Å²) in [6.45, 7) is 1.94. The van der Waals surface area contributed by atoms with Gasteiger partial charge in [0.1, 0.15) is 0 Å². The summed E-state index contributed by atoms with van der Waals surface area (Å²) >= 11 is 0. The second kappa shape index (κ2) is 3.50. The summed E-state index contributed by atoms with van der Waals surface area (Å²) < 4.78 is 0. The Morgan fingerprint density at radius 3 is 3.17 bits per heavy atom. The van der Waals surface area contributed by atoms with E-state index in [4.69, 9.17) is 0 Å². The van der Waals surface area contributed by atoms with Crippen molar-refractivity contribution in [3.63, 3.8) is 0 Å². The molecule has 3 aliphatic rings. The second-order valence-electron chi connectivity index (χ2n) is 5.80. The fraction of sp³-hybridized carbons (Fsp3) is 0.533. The zero-order chi connectivity index (χ0) is 12.2. The lowest BCUT2D eigenvalue weighted by molar-refractivity contribution is -0.135. The monoisotopic (exact) mass is 242 g/mol. The molecule has 1 amide bonds. The van der Waals surface area contributed by atoms with Crippen LogP contribution in [0.4, 0.5) is 5.69 Å². The molecule has 2 fully saturated rings. The summed E-state index contributed by atoms with van der Waals surface area (Å²) in [6.07, 6.45) is 4.10. The van der Waals surface area contributed by atoms with Gasteiger partial charge in [-0.1, -0.05) is 18.2 Å². The number of piperidine rings is 1. The van der Waals surface area contributed by atoms with Gasteiger partial charge >= 0.3 is 0 Å². The molecule has 1 spiro atoms. The van der Waals surface area contributed by atoms with Gasteiger partial charge in [-0.05, 0) is 30.9 Å². The molecule has 4 rings (SSSR count). The quantitative estimate of drug-likeness (QED) is 0.756. The fourth-order valence-corrected chi connectivity index (χ4v) is 4.20. The third-order valence-electron chi connectivity index (χ3n) is 5.06. The maximum Gasteiger partial charge on any atom is 0.222 e. The van der Waals surface area contributed by atoms with Crippen molar-refractivity contribution in [2.45, 2.75) is 37.1 Å². The van der Waals surface area contributed by atoms with Crippen LogP contribution in [-0.2, 0) is 10.2 Å². The maximum atomic E-state index is 12.0. The Bertz CT molecular complexity index is 513. The molecule has 0 aromatic heterocycles. The first-order chi connectivity index (χ1) is 8.81. The van der Waals surface area contributed by atoms with Crippen LogP contribution in [0.2, 0.25) is 0 Å². The van der Waals surface area contributed by atoms with E-state index in [2.05, 4.69) is 34.5 Å². The lowest BCUT2D eigenvalue weighted by Gasteiger charge is -2.38. The number of para-hydroxylation sites is 1. The Hall–Kier alpha value is -1.51. The van der Waals surface area contributed by atoms with E-state index in [1.807, 2.05) is 0 Å². The Morgan fingerprint density at radius 1 is 1.33 bits per heavy atom. The van der Waals surface area contributed by atoms with Crippen LogP contribution in [0.5, 0.6) is 0 Å². The van der Waals surface area contributed by atoms with Crippen molar-refractivity contribution in [1.29, 1.82) is 0 Å². The highest BCUT2D eigenvalue weighted by Gasteiger charge is 2.53. The standard InChI is InChI=1S/C15H18N2O/c18-14-7-3-6-13-15(8-9-17(13)14)10-16-12-5-2-1-4-11(12)15/h1-2,4-5,13,16H,3,6-10H2/t13-,15-/m1/s1. The van der Waals surface area contributed by atoms with E-state index in [1.165, 1.54) is 17.7 Å². The first-order valence-electron chi connectivity index (χ1n) is 6.94. The molecule has 18 heavy (non-hydrogen) atoms. The summed E-state index contributed by atoms with van der Waals surface area (Å²) in [7, 11) is 0. The number of hydrogen-bond donors (Lipinski definition) is 1. The van der Waals surface area contributed by atoms with E-state index in [9.17, 15) is 4.79 Å². The van der Waals surface area contributed by atoms with Gasteiger partial charge in [-0.3, -0.25) is 4.79 Å². The summed E-state index contributed by atoms with van der Waals surface area (Å²) in [5, 5.41) is 3.54. The van der Waals surface area contributed by atoms with Crippen LogP contribution >= 0.6 is 0 Å². The molecule has 2 saturated heterocycles. The van der Waals surface area contributed by atoms with Gasteiger partial charge in [0.25, 0.3) is 0 Å². The van der Waals surface area contributed by atoms with Crippen LogP contribution in [0.1, 0.15) is 31.2 Å². The number of nitrogens with one attached hydrogen (secondary N) is 1. The summed E-state index contributed by atoms with van der Waals surface area (Å²) in [6, 6.07) is 9.05. The minimum absolute atomic E-state index is 0.187. The topological polar surface area (TPSA) is 32.3 Å². The van der Waals surface area contributed by atoms with Crippen LogP contribution < -0.4 is 5.32 Å². The molecule has 0 saturated carbocycles. The van der Waals surface area contributed by atoms with Crippen molar-refractivity contribution in [3.8, 4) is 0 Å². The van der Waals surface area contributed by atoms with Gasteiger partial charge in [0, 0.05) is 36.7 Å². The molecule has 0 aliphatic carbocycles. The summed E-state index contributed by atoms with van der Waals surface area (Å²) in [5.74, 6) is 0.368. The van der Waals surface area contributed by atoms with Gasteiger partial charge in [-0.2, -0.15) is 0 Å². The molecule has 3 heterocycles. The van der Waals surface area contributed by atoms with E-state index >= 15 is 0 Å². The van der Waals surface area contributed by atoms with Crippen LogP contribution in [0.25, 0.3) is 0 Å². The normalized spacial score (nSPS) is 33.4. The van der Waals surface area contributed by atoms with Crippen LogP contribution in [-0.4, -0.2) is 29.9 Å². The third kappa shape index (κ3) is 1.17. The fourth-order valence-electron chi connectivity index (χ4n) is 4.20. The van der Waals surface area contributed by atoms with Crippen LogP contribution in [0.15, 0.2) is 24.3 Å². The lowest BCUT2D eigenvalue weighted by atomic mass is 9.73. The Balaban J connectivity index is 1.80. The van der Waals surface area contributed by atoms with E-state index in [1.54, 1.807) is 0 Å². The molecule has 1 N–H and O–H groups in total. The molecule has 0 bridgehead atoms. The summed E-state index contributed by atoms with van der Waals surface area (Å²) in [5.41, 5.74) is 2.90. The minimum Gasteiger partial charge on any atom is -0.384 e. The molecule has 0 radical (unpaired) electrons. The molecule has 3 aliphatic heterocycles. The van der Waals surface area contributed by atoms with E-state index in [-0.39, 0.29) is 5.41 Å². The van der Waals surface area contributed by atoms with Gasteiger partial charge in [0.2, 0.25) is 5.91 Å². The van der Waals surface area contributed by atoms with E-state index < -0.39 is 0 Å². The number of benzene rings is 1. The largest absolute Gasteiger partial charge is 0.384 e. The van der Waals surface area contributed by atoms with Gasteiger partial charge in [-0.15, -0.1) is 0 Å². The average Bonchev–Trinajstić information content (AvgIpc) is 2.96. The van der Waals surface area contributed by atoms with Gasteiger partial charge < -0.3 is 10.2 Å². The molecule has 94 valence electrons. The van der Waals surface area contributed by atoms with Crippen molar-refractivity contribution in [2.24, 2.45) is 0 Å². The number of carbonyl (C=O) groups excluding carboxylic acids is 1. The zero-order valence-corrected chi connectivity index (χ0v) is 10.5. The first-order valence-corrected chi connectivity index (χ1v) is 6.94. The van der Waals surface area contributed by atoms with E-state index in [0.29, 0.717) is 11.9 Å². The number of anilines is 1. The molecule has 3 heteroatoms. The van der Waals surface area contributed by atoms with Crippen molar-refractivity contribution in [1.82, 2.24) is 4.90 Å². The Labute approximate surface area is 107 Å². The number of nitrogens with zero attached hydrogens (tertiary/aromatic N) is 1. The van der Waals surface area contributed by atoms with Crippen LogP contribution in [0, 0.1) is 0 Å². The van der Waals surface area contributed by atoms with Gasteiger partial charge in [0.05, 0.1) is 0 Å². The highest BCUT2D eigenvalue weighted by atomic mass is 16.2. The van der Waals surface area contributed by atoms with Crippen molar-refractivity contribution in [2.75, 3.05) is 18.4 Å². The maximum absolute atomic E-state index is 12.0. The molecular weight excluding hydrogens is 224 g/mol. The number of fused-ring (bicyclic) bond motifs is 4.